The second-order valence-corrected chi connectivity index (χ2v) is 3.20. The van der Waals surface area contributed by atoms with E-state index in [-0.39, 0.29) is 5.69 Å². The molecule has 3 nitrogen and oxygen atoms in total. The number of pyridine rings is 1. The van der Waals surface area contributed by atoms with Gasteiger partial charge in [-0.05, 0) is 13.0 Å². The minimum absolute atomic E-state index is 0.145. The maximum atomic E-state index is 12.6. The summed E-state index contributed by atoms with van der Waals surface area (Å²) in [6.45, 7) is 1.19. The summed E-state index contributed by atoms with van der Waals surface area (Å²) in [5, 5.41) is 0. The zero-order valence-corrected chi connectivity index (χ0v) is 9.11. The number of halogens is 6. The SMILES string of the molecule is COc1nc(C)cc(C(F)(F)F)c1OC(F)(F)F. The highest BCUT2D eigenvalue weighted by Gasteiger charge is 2.42. The maximum Gasteiger partial charge on any atom is 0.573 e. The number of aryl methyl sites for hydroxylation is 1. The quantitative estimate of drug-likeness (QED) is 0.776. The highest BCUT2D eigenvalue weighted by Crippen LogP contribution is 2.43. The lowest BCUT2D eigenvalue weighted by atomic mass is 10.2. The Labute approximate surface area is 97.3 Å². The van der Waals surface area contributed by atoms with Gasteiger partial charge in [0.1, 0.15) is 5.56 Å². The van der Waals surface area contributed by atoms with Gasteiger partial charge < -0.3 is 9.47 Å². The predicted molar refractivity (Wildman–Crippen MR) is 47.2 cm³/mol. The van der Waals surface area contributed by atoms with Crippen LogP contribution in [-0.4, -0.2) is 18.5 Å². The van der Waals surface area contributed by atoms with E-state index >= 15 is 0 Å². The smallest absolute Gasteiger partial charge is 0.478 e. The van der Waals surface area contributed by atoms with Crippen LogP contribution in [0, 0.1) is 6.92 Å². The molecule has 18 heavy (non-hydrogen) atoms. The molecule has 0 bridgehead atoms. The molecule has 0 saturated heterocycles. The fourth-order valence-corrected chi connectivity index (χ4v) is 1.20. The van der Waals surface area contributed by atoms with Crippen LogP contribution in [0.25, 0.3) is 0 Å². The first kappa shape index (κ1) is 14.4. The van der Waals surface area contributed by atoms with Crippen molar-refractivity contribution < 1.29 is 35.8 Å². The average molecular weight is 275 g/mol. The van der Waals surface area contributed by atoms with Crippen LogP contribution in [0.3, 0.4) is 0 Å². The van der Waals surface area contributed by atoms with Crippen LogP contribution in [-0.2, 0) is 6.18 Å². The summed E-state index contributed by atoms with van der Waals surface area (Å²) in [5.41, 5.74) is -1.74. The minimum atomic E-state index is -5.27. The van der Waals surface area contributed by atoms with E-state index in [9.17, 15) is 26.3 Å². The standard InChI is InChI=1S/C9H7F6NO2/c1-4-3-5(8(10,11)12)6(7(16-4)17-2)18-9(13,14)15/h3H,1-2H3. The number of rotatable bonds is 2. The van der Waals surface area contributed by atoms with Crippen molar-refractivity contribution in [3.8, 4) is 11.6 Å². The van der Waals surface area contributed by atoms with Gasteiger partial charge in [-0.1, -0.05) is 0 Å². The summed E-state index contributed by atoms with van der Waals surface area (Å²) >= 11 is 0. The molecular formula is C9H7F6NO2. The Morgan fingerprint density at radius 2 is 1.67 bits per heavy atom. The van der Waals surface area contributed by atoms with Crippen LogP contribution >= 0.6 is 0 Å². The van der Waals surface area contributed by atoms with Gasteiger partial charge >= 0.3 is 12.5 Å². The van der Waals surface area contributed by atoms with E-state index in [0.717, 1.165) is 7.11 Å². The first-order valence-electron chi connectivity index (χ1n) is 4.43. The number of hydrogen-bond acceptors (Lipinski definition) is 3. The van der Waals surface area contributed by atoms with E-state index in [1.165, 1.54) is 6.92 Å². The van der Waals surface area contributed by atoms with Gasteiger partial charge in [0, 0.05) is 5.69 Å². The summed E-state index contributed by atoms with van der Waals surface area (Å²) in [7, 11) is 0.894. The van der Waals surface area contributed by atoms with E-state index in [1.807, 2.05) is 0 Å². The number of ether oxygens (including phenoxy) is 2. The number of methoxy groups -OCH3 is 1. The summed E-state index contributed by atoms with van der Waals surface area (Å²) in [5.74, 6) is -2.37. The molecule has 0 saturated carbocycles. The molecule has 1 rings (SSSR count). The Bertz CT molecular complexity index is 440. The molecule has 0 aliphatic carbocycles. The highest BCUT2D eigenvalue weighted by atomic mass is 19.4. The molecule has 0 unspecified atom stereocenters. The van der Waals surface area contributed by atoms with Gasteiger partial charge in [0.25, 0.3) is 5.88 Å². The Balaban J connectivity index is 3.43. The Morgan fingerprint density at radius 1 is 1.11 bits per heavy atom. The Morgan fingerprint density at radius 3 is 2.06 bits per heavy atom. The van der Waals surface area contributed by atoms with Gasteiger partial charge in [0.15, 0.2) is 0 Å². The van der Waals surface area contributed by atoms with E-state index in [0.29, 0.717) is 6.07 Å². The molecule has 0 spiro atoms. The fraction of sp³-hybridized carbons (Fsp3) is 0.444. The molecule has 0 N–H and O–H groups in total. The largest absolute Gasteiger partial charge is 0.573 e. The minimum Gasteiger partial charge on any atom is -0.478 e. The van der Waals surface area contributed by atoms with Crippen molar-refractivity contribution in [3.63, 3.8) is 0 Å². The number of alkyl halides is 6. The lowest BCUT2D eigenvalue weighted by Gasteiger charge is -2.17. The lowest BCUT2D eigenvalue weighted by molar-refractivity contribution is -0.276. The maximum absolute atomic E-state index is 12.6. The van der Waals surface area contributed by atoms with Crippen molar-refractivity contribution in [2.45, 2.75) is 19.5 Å². The second kappa shape index (κ2) is 4.54. The van der Waals surface area contributed by atoms with E-state index in [4.69, 9.17) is 0 Å². The molecular weight excluding hydrogens is 268 g/mol. The van der Waals surface area contributed by atoms with Crippen LogP contribution in [0.5, 0.6) is 11.6 Å². The molecule has 0 aliphatic rings. The van der Waals surface area contributed by atoms with Gasteiger partial charge in [0.05, 0.1) is 7.11 Å². The highest BCUT2D eigenvalue weighted by molar-refractivity contribution is 5.45. The van der Waals surface area contributed by atoms with Crippen LogP contribution in [0.1, 0.15) is 11.3 Å². The summed E-state index contributed by atoms with van der Waals surface area (Å²) in [6.07, 6.45) is -10.3. The normalized spacial score (nSPS) is 12.4. The topological polar surface area (TPSA) is 31.4 Å². The molecule has 0 aliphatic heterocycles. The van der Waals surface area contributed by atoms with Gasteiger partial charge in [-0.25, -0.2) is 4.98 Å². The van der Waals surface area contributed by atoms with Crippen LogP contribution in [0.2, 0.25) is 0 Å². The number of aromatic nitrogens is 1. The van der Waals surface area contributed by atoms with Crippen LogP contribution in [0.4, 0.5) is 26.3 Å². The molecule has 0 fully saturated rings. The summed E-state index contributed by atoms with van der Waals surface area (Å²) in [6, 6.07) is 0.448. The van der Waals surface area contributed by atoms with Crippen molar-refractivity contribution in [3.05, 3.63) is 17.3 Å². The van der Waals surface area contributed by atoms with Crippen molar-refractivity contribution in [1.29, 1.82) is 0 Å². The summed E-state index contributed by atoms with van der Waals surface area (Å²) in [4.78, 5) is 3.40. The van der Waals surface area contributed by atoms with E-state index in [2.05, 4.69) is 14.5 Å². The molecule has 9 heteroatoms. The van der Waals surface area contributed by atoms with Gasteiger partial charge in [-0.3, -0.25) is 0 Å². The lowest BCUT2D eigenvalue weighted by Crippen LogP contribution is -2.21. The summed E-state index contributed by atoms with van der Waals surface area (Å²) < 4.78 is 81.6. The van der Waals surface area contributed by atoms with Gasteiger partial charge in [-0.2, -0.15) is 13.2 Å². The molecule has 0 aromatic carbocycles. The first-order chi connectivity index (χ1) is 8.04. The molecule has 0 radical (unpaired) electrons. The van der Waals surface area contributed by atoms with Crippen molar-refractivity contribution in [2.24, 2.45) is 0 Å². The predicted octanol–water partition coefficient (Wildman–Crippen LogP) is 3.32. The van der Waals surface area contributed by atoms with Crippen LogP contribution < -0.4 is 9.47 Å². The molecule has 1 aromatic heterocycles. The van der Waals surface area contributed by atoms with Gasteiger partial charge in [0.2, 0.25) is 5.75 Å². The second-order valence-electron chi connectivity index (χ2n) is 3.20. The third kappa shape index (κ3) is 3.41. The monoisotopic (exact) mass is 275 g/mol. The van der Waals surface area contributed by atoms with Crippen molar-refractivity contribution in [2.75, 3.05) is 7.11 Å². The van der Waals surface area contributed by atoms with E-state index in [1.54, 1.807) is 0 Å². The number of hydrogen-bond donors (Lipinski definition) is 0. The van der Waals surface area contributed by atoms with Gasteiger partial charge in [-0.15, -0.1) is 13.2 Å². The van der Waals surface area contributed by atoms with Crippen molar-refractivity contribution in [1.82, 2.24) is 4.98 Å². The first-order valence-corrected chi connectivity index (χ1v) is 4.43. The third-order valence-corrected chi connectivity index (χ3v) is 1.79. The molecule has 1 heterocycles. The molecule has 0 amide bonds. The molecule has 1 aromatic rings. The molecule has 0 atom stereocenters. The number of nitrogens with zero attached hydrogens (tertiary/aromatic N) is 1. The van der Waals surface area contributed by atoms with Crippen molar-refractivity contribution >= 4 is 0 Å². The zero-order valence-electron chi connectivity index (χ0n) is 9.11. The Kier molecular flexibility index (Phi) is 3.63. The average Bonchev–Trinajstić information content (AvgIpc) is 2.16. The molecule has 102 valence electrons. The zero-order chi connectivity index (χ0) is 14.1. The Hall–Kier alpha value is -1.67. The fourth-order valence-electron chi connectivity index (χ4n) is 1.20. The van der Waals surface area contributed by atoms with Crippen LogP contribution in [0.15, 0.2) is 6.07 Å². The third-order valence-electron chi connectivity index (χ3n) is 1.79. The van der Waals surface area contributed by atoms with E-state index < -0.39 is 29.7 Å².